The smallest absolute Gasteiger partial charge is 0.308 e. The monoisotopic (exact) mass is 382 g/mol. The van der Waals surface area contributed by atoms with Crippen molar-refractivity contribution in [2.24, 2.45) is 0 Å². The maximum Gasteiger partial charge on any atom is 0.308 e. The zero-order valence-corrected chi connectivity index (χ0v) is 16.2. The molecular formula is C21H22N2O5. The van der Waals surface area contributed by atoms with E-state index in [1.165, 1.54) is 27.0 Å². The number of benzene rings is 2. The van der Waals surface area contributed by atoms with Gasteiger partial charge in [0.25, 0.3) is 5.91 Å². The molecule has 0 fully saturated rings. The van der Waals surface area contributed by atoms with Gasteiger partial charge in [-0.05, 0) is 48.4 Å². The molecule has 0 atom stereocenters. The average molecular weight is 382 g/mol. The second-order valence-corrected chi connectivity index (χ2v) is 6.07. The summed E-state index contributed by atoms with van der Waals surface area (Å²) in [6.07, 6.45) is 1.51. The molecule has 0 heterocycles. The summed E-state index contributed by atoms with van der Waals surface area (Å²) in [4.78, 5) is 35.3. The number of amides is 2. The van der Waals surface area contributed by atoms with Crippen LogP contribution in [0.5, 0.6) is 11.5 Å². The molecular weight excluding hydrogens is 360 g/mol. The van der Waals surface area contributed by atoms with Crippen LogP contribution in [0, 0.1) is 6.92 Å². The molecule has 2 aromatic rings. The van der Waals surface area contributed by atoms with Crippen LogP contribution >= 0.6 is 0 Å². The number of carbonyl (C=O) groups excluding carboxylic acids is 3. The van der Waals surface area contributed by atoms with Crippen molar-refractivity contribution in [2.45, 2.75) is 20.8 Å². The quantitative estimate of drug-likeness (QED) is 0.455. The van der Waals surface area contributed by atoms with Crippen molar-refractivity contribution < 1.29 is 23.9 Å². The van der Waals surface area contributed by atoms with Gasteiger partial charge in [-0.1, -0.05) is 18.2 Å². The van der Waals surface area contributed by atoms with E-state index in [1.54, 1.807) is 24.3 Å². The Balaban J connectivity index is 2.33. The van der Waals surface area contributed by atoms with Crippen LogP contribution in [0.2, 0.25) is 0 Å². The van der Waals surface area contributed by atoms with E-state index in [1.807, 2.05) is 25.1 Å². The lowest BCUT2D eigenvalue weighted by molar-refractivity contribution is -0.132. The minimum Gasteiger partial charge on any atom is -0.493 e. The Morgan fingerprint density at radius 1 is 1.00 bits per heavy atom. The summed E-state index contributed by atoms with van der Waals surface area (Å²) >= 11 is 0. The van der Waals surface area contributed by atoms with Crippen LogP contribution in [0.25, 0.3) is 6.08 Å². The third kappa shape index (κ3) is 5.98. The highest BCUT2D eigenvalue weighted by molar-refractivity contribution is 6.08. The lowest BCUT2D eigenvalue weighted by Gasteiger charge is -2.12. The molecule has 0 aliphatic rings. The molecule has 0 saturated heterocycles. The summed E-state index contributed by atoms with van der Waals surface area (Å²) in [6.45, 7) is 4.52. The molecule has 2 aromatic carbocycles. The van der Waals surface area contributed by atoms with Crippen molar-refractivity contribution in [2.75, 3.05) is 12.4 Å². The predicted octanol–water partition coefficient (Wildman–Crippen LogP) is 3.04. The van der Waals surface area contributed by atoms with Gasteiger partial charge in [0.2, 0.25) is 5.91 Å². The maximum absolute atomic E-state index is 12.6. The molecule has 2 rings (SSSR count). The Bertz CT molecular complexity index is 934. The second-order valence-electron chi connectivity index (χ2n) is 6.07. The molecule has 0 radical (unpaired) electrons. The lowest BCUT2D eigenvalue weighted by atomic mass is 10.1. The van der Waals surface area contributed by atoms with E-state index in [0.29, 0.717) is 17.0 Å². The molecule has 2 amide bonds. The van der Waals surface area contributed by atoms with Gasteiger partial charge < -0.3 is 20.1 Å². The summed E-state index contributed by atoms with van der Waals surface area (Å²) < 4.78 is 10.3. The van der Waals surface area contributed by atoms with Crippen LogP contribution in [-0.4, -0.2) is 24.9 Å². The first-order chi connectivity index (χ1) is 13.3. The predicted molar refractivity (Wildman–Crippen MR) is 106 cm³/mol. The van der Waals surface area contributed by atoms with Gasteiger partial charge in [0.1, 0.15) is 5.70 Å². The number of ether oxygens (including phenoxy) is 2. The van der Waals surface area contributed by atoms with Crippen molar-refractivity contribution in [3.8, 4) is 11.5 Å². The van der Waals surface area contributed by atoms with Crippen LogP contribution in [0.3, 0.4) is 0 Å². The van der Waals surface area contributed by atoms with Gasteiger partial charge in [-0.2, -0.15) is 0 Å². The van der Waals surface area contributed by atoms with E-state index in [4.69, 9.17) is 9.47 Å². The number of aryl methyl sites for hydroxylation is 1. The van der Waals surface area contributed by atoms with Crippen molar-refractivity contribution in [1.29, 1.82) is 0 Å². The van der Waals surface area contributed by atoms with Crippen LogP contribution in [0.15, 0.2) is 48.2 Å². The van der Waals surface area contributed by atoms with Gasteiger partial charge in [-0.3, -0.25) is 14.4 Å². The summed E-state index contributed by atoms with van der Waals surface area (Å²) in [7, 11) is 1.44. The SMILES string of the molecule is COc1cc(C=C(NC(C)=O)C(=O)Nc2cccc(C)c2)ccc1OC(C)=O. The Morgan fingerprint density at radius 3 is 2.36 bits per heavy atom. The first-order valence-electron chi connectivity index (χ1n) is 8.52. The highest BCUT2D eigenvalue weighted by Gasteiger charge is 2.13. The number of anilines is 1. The molecule has 7 heteroatoms. The largest absolute Gasteiger partial charge is 0.493 e. The summed E-state index contributed by atoms with van der Waals surface area (Å²) in [5.41, 5.74) is 2.25. The number of hydrogen-bond acceptors (Lipinski definition) is 5. The fourth-order valence-electron chi connectivity index (χ4n) is 2.45. The van der Waals surface area contributed by atoms with E-state index in [0.717, 1.165) is 5.56 Å². The maximum atomic E-state index is 12.6. The number of carbonyl (C=O) groups is 3. The van der Waals surface area contributed by atoms with Crippen LogP contribution in [0.1, 0.15) is 25.0 Å². The Hall–Kier alpha value is -3.61. The second kappa shape index (κ2) is 9.36. The summed E-state index contributed by atoms with van der Waals surface area (Å²) in [5.74, 6) is -0.737. The third-order valence-electron chi connectivity index (χ3n) is 3.58. The fourth-order valence-corrected chi connectivity index (χ4v) is 2.45. The minimum atomic E-state index is -0.474. The topological polar surface area (TPSA) is 93.7 Å². The highest BCUT2D eigenvalue weighted by atomic mass is 16.6. The van der Waals surface area contributed by atoms with Crippen LogP contribution in [0.4, 0.5) is 5.69 Å². The normalized spacial score (nSPS) is 10.8. The van der Waals surface area contributed by atoms with Gasteiger partial charge in [0.15, 0.2) is 11.5 Å². The minimum absolute atomic E-state index is 0.0660. The summed E-state index contributed by atoms with van der Waals surface area (Å²) in [5, 5.41) is 5.28. The first-order valence-corrected chi connectivity index (χ1v) is 8.52. The molecule has 0 aliphatic carbocycles. The zero-order valence-electron chi connectivity index (χ0n) is 16.2. The van der Waals surface area contributed by atoms with Crippen molar-refractivity contribution in [3.05, 3.63) is 59.3 Å². The average Bonchev–Trinajstić information content (AvgIpc) is 2.61. The summed E-state index contributed by atoms with van der Waals surface area (Å²) in [6, 6.07) is 12.1. The van der Waals surface area contributed by atoms with E-state index in [-0.39, 0.29) is 17.4 Å². The van der Waals surface area contributed by atoms with E-state index in [9.17, 15) is 14.4 Å². The molecule has 28 heavy (non-hydrogen) atoms. The Kier molecular flexibility index (Phi) is 6.92. The van der Waals surface area contributed by atoms with Crippen LogP contribution < -0.4 is 20.1 Å². The number of methoxy groups -OCH3 is 1. The molecule has 2 N–H and O–H groups in total. The molecule has 7 nitrogen and oxygen atoms in total. The zero-order chi connectivity index (χ0) is 20.7. The van der Waals surface area contributed by atoms with Gasteiger partial charge in [0.05, 0.1) is 7.11 Å². The van der Waals surface area contributed by atoms with Crippen molar-refractivity contribution in [1.82, 2.24) is 5.32 Å². The first kappa shape index (κ1) is 20.7. The molecule has 0 saturated carbocycles. The Morgan fingerprint density at radius 2 is 1.75 bits per heavy atom. The highest BCUT2D eigenvalue weighted by Crippen LogP contribution is 2.29. The van der Waals surface area contributed by atoms with E-state index < -0.39 is 11.9 Å². The lowest BCUT2D eigenvalue weighted by Crippen LogP contribution is -2.28. The van der Waals surface area contributed by atoms with E-state index >= 15 is 0 Å². The fraction of sp³-hybridized carbons (Fsp3) is 0.190. The number of nitrogens with one attached hydrogen (secondary N) is 2. The molecule has 0 aromatic heterocycles. The van der Waals surface area contributed by atoms with Crippen molar-refractivity contribution >= 4 is 29.5 Å². The van der Waals surface area contributed by atoms with Gasteiger partial charge in [-0.25, -0.2) is 0 Å². The number of rotatable bonds is 6. The molecule has 0 spiro atoms. The van der Waals surface area contributed by atoms with Crippen molar-refractivity contribution in [3.63, 3.8) is 0 Å². The molecule has 0 unspecified atom stereocenters. The van der Waals surface area contributed by atoms with Gasteiger partial charge >= 0.3 is 5.97 Å². The molecule has 0 bridgehead atoms. The van der Waals surface area contributed by atoms with Crippen LogP contribution in [-0.2, 0) is 14.4 Å². The molecule has 0 aliphatic heterocycles. The number of esters is 1. The van der Waals surface area contributed by atoms with Gasteiger partial charge in [0, 0.05) is 19.5 Å². The Labute approximate surface area is 163 Å². The number of hydrogen-bond donors (Lipinski definition) is 2. The van der Waals surface area contributed by atoms with Gasteiger partial charge in [-0.15, -0.1) is 0 Å². The van der Waals surface area contributed by atoms with E-state index in [2.05, 4.69) is 10.6 Å². The molecule has 146 valence electrons. The third-order valence-corrected chi connectivity index (χ3v) is 3.58. The standard InChI is InChI=1S/C21H22N2O5/c1-13-6-5-7-17(10-13)23-21(26)18(22-14(2)24)11-16-8-9-19(28-15(3)25)20(12-16)27-4/h5-12H,1-4H3,(H,22,24)(H,23,26).